The second kappa shape index (κ2) is 5.71. The lowest BCUT2D eigenvalue weighted by atomic mass is 10.1. The molecule has 0 saturated carbocycles. The van der Waals surface area contributed by atoms with Gasteiger partial charge in [0.1, 0.15) is 12.4 Å². The number of allylic oxidation sites excluding steroid dienone is 1. The molecule has 1 N–H and O–H groups in total. The molecule has 3 rings (SSSR count). The van der Waals surface area contributed by atoms with Gasteiger partial charge >= 0.3 is 0 Å². The number of hydrogen-bond acceptors (Lipinski definition) is 6. The van der Waals surface area contributed by atoms with Gasteiger partial charge in [-0.1, -0.05) is 0 Å². The molecular formula is C14H16ClN3O3. The Morgan fingerprint density at radius 3 is 2.76 bits per heavy atom. The normalized spacial score (nSPS) is 18.1. The summed E-state index contributed by atoms with van der Waals surface area (Å²) in [6.07, 6.45) is 0.449. The number of hydrogen-bond donors (Lipinski definition) is 1. The molecule has 1 aliphatic heterocycles. The molecule has 1 fully saturated rings. The molecule has 2 aliphatic rings. The first-order valence-electron chi connectivity index (χ1n) is 6.85. The molecule has 0 radical (unpaired) electrons. The van der Waals surface area contributed by atoms with E-state index >= 15 is 0 Å². The number of aliphatic hydroxyl groups excluding tert-OH is 1. The molecule has 1 saturated heterocycles. The lowest BCUT2D eigenvalue weighted by Gasteiger charge is -2.29. The minimum Gasteiger partial charge on any atom is -0.388 e. The molecule has 7 heteroatoms. The number of ketones is 1. The highest BCUT2D eigenvalue weighted by atomic mass is 35.5. The second-order valence-corrected chi connectivity index (χ2v) is 5.44. The predicted octanol–water partition coefficient (Wildman–Crippen LogP) is 0.858. The number of halogens is 1. The number of carbonyl (C=O) groups is 1. The van der Waals surface area contributed by atoms with Gasteiger partial charge in [0.25, 0.3) is 0 Å². The maximum atomic E-state index is 11.8. The lowest BCUT2D eigenvalue weighted by molar-refractivity contribution is -0.118. The van der Waals surface area contributed by atoms with Crippen molar-refractivity contribution in [1.82, 2.24) is 9.97 Å². The summed E-state index contributed by atoms with van der Waals surface area (Å²) < 4.78 is 5.35. The molecule has 2 heterocycles. The van der Waals surface area contributed by atoms with E-state index in [1.807, 2.05) is 6.92 Å². The molecule has 1 aromatic heterocycles. The minimum atomic E-state index is -0.491. The van der Waals surface area contributed by atoms with Crippen molar-refractivity contribution in [2.45, 2.75) is 13.3 Å². The van der Waals surface area contributed by atoms with Gasteiger partial charge in [-0.15, -0.1) is 0 Å². The van der Waals surface area contributed by atoms with Gasteiger partial charge in [0.15, 0.2) is 5.78 Å². The van der Waals surface area contributed by atoms with Crippen LogP contribution in [0.2, 0.25) is 5.28 Å². The van der Waals surface area contributed by atoms with E-state index in [1.54, 1.807) is 0 Å². The third-order valence-electron chi connectivity index (χ3n) is 3.91. The molecule has 1 aromatic rings. The number of aliphatic hydroxyl groups is 1. The van der Waals surface area contributed by atoms with Crippen molar-refractivity contribution in [2.75, 3.05) is 37.8 Å². The highest BCUT2D eigenvalue weighted by Crippen LogP contribution is 2.37. The molecular weight excluding hydrogens is 294 g/mol. The largest absolute Gasteiger partial charge is 0.388 e. The number of morpholine rings is 1. The monoisotopic (exact) mass is 309 g/mol. The highest BCUT2D eigenvalue weighted by Gasteiger charge is 2.30. The van der Waals surface area contributed by atoms with Crippen LogP contribution < -0.4 is 4.90 Å². The number of anilines is 1. The molecule has 0 bridgehead atoms. The first kappa shape index (κ1) is 14.4. The zero-order chi connectivity index (χ0) is 15.0. The van der Waals surface area contributed by atoms with E-state index in [4.69, 9.17) is 21.4 Å². The Labute approximate surface area is 127 Å². The number of Topliss-reactive ketones (excluding diaryl/α,β-unsaturated/α-hetero) is 1. The summed E-state index contributed by atoms with van der Waals surface area (Å²) in [5.74, 6) is 0.503. The molecule has 0 aromatic carbocycles. The van der Waals surface area contributed by atoms with Crippen LogP contribution in [0.4, 0.5) is 5.82 Å². The Kier molecular flexibility index (Phi) is 3.93. The van der Waals surface area contributed by atoms with Gasteiger partial charge in [0.2, 0.25) is 5.28 Å². The Morgan fingerprint density at radius 2 is 2.10 bits per heavy atom. The summed E-state index contributed by atoms with van der Waals surface area (Å²) in [6, 6.07) is 0. The molecule has 21 heavy (non-hydrogen) atoms. The van der Waals surface area contributed by atoms with Gasteiger partial charge in [-0.25, -0.2) is 9.97 Å². The number of ether oxygens (including phenoxy) is 1. The van der Waals surface area contributed by atoms with E-state index in [2.05, 4.69) is 14.9 Å². The van der Waals surface area contributed by atoms with Crippen LogP contribution in [0.25, 0.3) is 5.57 Å². The minimum absolute atomic E-state index is 0.173. The fourth-order valence-corrected chi connectivity index (χ4v) is 2.98. The zero-order valence-electron chi connectivity index (χ0n) is 11.7. The molecule has 0 amide bonds. The Balaban J connectivity index is 2.03. The van der Waals surface area contributed by atoms with Crippen LogP contribution in [0, 0.1) is 0 Å². The van der Waals surface area contributed by atoms with Crippen molar-refractivity contribution in [3.05, 3.63) is 22.1 Å². The Hall–Kier alpha value is -1.50. The number of aromatic nitrogens is 2. The summed E-state index contributed by atoms with van der Waals surface area (Å²) in [4.78, 5) is 22.6. The first-order valence-corrected chi connectivity index (χ1v) is 7.23. The molecule has 0 atom stereocenters. The van der Waals surface area contributed by atoms with Crippen molar-refractivity contribution in [3.63, 3.8) is 0 Å². The quantitative estimate of drug-likeness (QED) is 0.835. The number of carbonyl (C=O) groups excluding carboxylic acids is 1. The fourth-order valence-electron chi connectivity index (χ4n) is 2.81. The average molecular weight is 310 g/mol. The van der Waals surface area contributed by atoms with Gasteiger partial charge in [-0.2, -0.15) is 0 Å². The summed E-state index contributed by atoms with van der Waals surface area (Å²) >= 11 is 6.04. The molecule has 0 spiro atoms. The SMILES string of the molecule is CC1=C(C(=O)CO)Cc2c1nc(Cl)nc2N1CCOCC1. The molecule has 6 nitrogen and oxygen atoms in total. The first-order chi connectivity index (χ1) is 10.1. The number of nitrogens with zero attached hydrogens (tertiary/aromatic N) is 3. The van der Waals surface area contributed by atoms with Crippen LogP contribution in [0.1, 0.15) is 18.2 Å². The van der Waals surface area contributed by atoms with Crippen LogP contribution in [-0.2, 0) is 16.0 Å². The standard InChI is InChI=1S/C14H16ClN3O3/c1-8-9(11(20)7-19)6-10-12(8)16-14(15)17-13(10)18-2-4-21-5-3-18/h19H,2-7H2,1H3. The second-order valence-electron chi connectivity index (χ2n) is 5.10. The molecule has 112 valence electrons. The zero-order valence-corrected chi connectivity index (χ0v) is 12.5. The number of fused-ring (bicyclic) bond motifs is 1. The van der Waals surface area contributed by atoms with Crippen molar-refractivity contribution in [1.29, 1.82) is 0 Å². The van der Waals surface area contributed by atoms with Gasteiger partial charge in [0, 0.05) is 30.6 Å². The smallest absolute Gasteiger partial charge is 0.224 e. The Bertz CT molecular complexity index is 624. The predicted molar refractivity (Wildman–Crippen MR) is 78.5 cm³/mol. The van der Waals surface area contributed by atoms with E-state index in [1.165, 1.54) is 0 Å². The van der Waals surface area contributed by atoms with Crippen molar-refractivity contribution in [2.24, 2.45) is 0 Å². The van der Waals surface area contributed by atoms with Gasteiger partial charge in [-0.3, -0.25) is 4.79 Å². The maximum absolute atomic E-state index is 11.8. The highest BCUT2D eigenvalue weighted by molar-refractivity contribution is 6.28. The van der Waals surface area contributed by atoms with E-state index < -0.39 is 6.61 Å². The van der Waals surface area contributed by atoms with Crippen molar-refractivity contribution >= 4 is 28.8 Å². The van der Waals surface area contributed by atoms with Gasteiger partial charge < -0.3 is 14.7 Å². The average Bonchev–Trinajstić information content (AvgIpc) is 2.84. The van der Waals surface area contributed by atoms with Gasteiger partial charge in [-0.05, 0) is 24.1 Å². The third-order valence-corrected chi connectivity index (χ3v) is 4.08. The Morgan fingerprint density at radius 1 is 1.38 bits per heavy atom. The van der Waals surface area contributed by atoms with Crippen molar-refractivity contribution in [3.8, 4) is 0 Å². The van der Waals surface area contributed by atoms with Gasteiger partial charge in [0.05, 0.1) is 18.9 Å². The van der Waals surface area contributed by atoms with E-state index in [0.717, 1.165) is 30.0 Å². The van der Waals surface area contributed by atoms with Crippen LogP contribution in [-0.4, -0.2) is 53.8 Å². The maximum Gasteiger partial charge on any atom is 0.224 e. The summed E-state index contributed by atoms with van der Waals surface area (Å²) in [7, 11) is 0. The summed E-state index contributed by atoms with van der Waals surface area (Å²) in [6.45, 7) is 4.11. The van der Waals surface area contributed by atoms with Crippen molar-refractivity contribution < 1.29 is 14.6 Å². The van der Waals surface area contributed by atoms with E-state index in [-0.39, 0.29) is 11.1 Å². The molecule has 1 aliphatic carbocycles. The number of rotatable bonds is 3. The van der Waals surface area contributed by atoms with Crippen LogP contribution in [0.15, 0.2) is 5.57 Å². The van der Waals surface area contributed by atoms with E-state index in [0.29, 0.717) is 30.9 Å². The topological polar surface area (TPSA) is 75.5 Å². The third kappa shape index (κ3) is 2.54. The summed E-state index contributed by atoms with van der Waals surface area (Å²) in [5.41, 5.74) is 3.00. The van der Waals surface area contributed by atoms with Crippen LogP contribution in [0.5, 0.6) is 0 Å². The lowest BCUT2D eigenvalue weighted by Crippen LogP contribution is -2.37. The molecule has 0 unspecified atom stereocenters. The fraction of sp³-hybridized carbons (Fsp3) is 0.500. The van der Waals surface area contributed by atoms with E-state index in [9.17, 15) is 4.79 Å². The van der Waals surface area contributed by atoms with Crippen LogP contribution >= 0.6 is 11.6 Å². The van der Waals surface area contributed by atoms with Crippen LogP contribution in [0.3, 0.4) is 0 Å². The summed E-state index contributed by atoms with van der Waals surface area (Å²) in [5, 5.41) is 9.27.